The number of rotatable bonds is 3. The number of piperidine rings is 3. The molecule has 0 radical (unpaired) electrons. The molecule has 1 aromatic heterocycles. The summed E-state index contributed by atoms with van der Waals surface area (Å²) >= 11 is 0. The molecule has 4 saturated heterocycles. The van der Waals surface area contributed by atoms with Crippen LogP contribution in [0.1, 0.15) is 35.6 Å². The van der Waals surface area contributed by atoms with Crippen molar-refractivity contribution in [3.63, 3.8) is 0 Å². The maximum Gasteiger partial charge on any atom is 0.231 e. The predicted molar refractivity (Wildman–Crippen MR) is 108 cm³/mol. The molecule has 150 valence electrons. The van der Waals surface area contributed by atoms with Crippen LogP contribution in [0.5, 0.6) is 11.5 Å². The Morgan fingerprint density at radius 1 is 1.10 bits per heavy atom. The van der Waals surface area contributed by atoms with Crippen molar-refractivity contribution in [3.8, 4) is 17.6 Å². The molecule has 6 heteroatoms. The fourth-order valence-electron chi connectivity index (χ4n) is 6.22. The second-order valence-electron chi connectivity index (χ2n) is 8.96. The van der Waals surface area contributed by atoms with Crippen molar-refractivity contribution in [1.82, 2.24) is 14.4 Å². The zero-order valence-corrected chi connectivity index (χ0v) is 16.8. The summed E-state index contributed by atoms with van der Waals surface area (Å²) < 4.78 is 13.1. The number of nitriles is 1. The van der Waals surface area contributed by atoms with Gasteiger partial charge in [0.05, 0.1) is 0 Å². The lowest BCUT2D eigenvalue weighted by Crippen LogP contribution is -2.59. The third-order valence-electron chi connectivity index (χ3n) is 7.48. The summed E-state index contributed by atoms with van der Waals surface area (Å²) in [6, 6.07) is 12.0. The van der Waals surface area contributed by atoms with Crippen molar-refractivity contribution < 1.29 is 9.47 Å². The number of hydrogen-bond donors (Lipinski definition) is 0. The van der Waals surface area contributed by atoms with Crippen LogP contribution in [0.15, 0.2) is 30.5 Å². The number of aryl methyl sites for hydroxylation is 1. The molecule has 3 atom stereocenters. The molecule has 6 nitrogen and oxygen atoms in total. The van der Waals surface area contributed by atoms with E-state index >= 15 is 0 Å². The van der Waals surface area contributed by atoms with Crippen LogP contribution in [0.2, 0.25) is 0 Å². The molecule has 5 aliphatic rings. The maximum atomic E-state index is 9.32. The Morgan fingerprint density at radius 3 is 2.72 bits per heavy atom. The largest absolute Gasteiger partial charge is 0.454 e. The van der Waals surface area contributed by atoms with Gasteiger partial charge in [0.2, 0.25) is 6.79 Å². The van der Waals surface area contributed by atoms with Crippen molar-refractivity contribution in [2.45, 2.75) is 37.4 Å². The lowest BCUT2D eigenvalue weighted by molar-refractivity contribution is -0.00869. The Labute approximate surface area is 171 Å². The quantitative estimate of drug-likeness (QED) is 0.807. The van der Waals surface area contributed by atoms with Crippen molar-refractivity contribution in [2.75, 3.05) is 26.4 Å². The summed E-state index contributed by atoms with van der Waals surface area (Å²) in [4.78, 5) is 5.41. The minimum absolute atomic E-state index is 0.324. The Bertz CT molecular complexity index is 985. The Balaban J connectivity index is 1.34. The summed E-state index contributed by atoms with van der Waals surface area (Å²) in [5, 5.41) is 9.32. The van der Waals surface area contributed by atoms with Gasteiger partial charge in [-0.05, 0) is 61.2 Å². The summed E-state index contributed by atoms with van der Waals surface area (Å²) in [7, 11) is 1.96. The van der Waals surface area contributed by atoms with Gasteiger partial charge in [-0.25, -0.2) is 0 Å². The van der Waals surface area contributed by atoms with E-state index in [0.29, 0.717) is 24.8 Å². The first kappa shape index (κ1) is 17.4. The highest BCUT2D eigenvalue weighted by atomic mass is 16.7. The van der Waals surface area contributed by atoms with Gasteiger partial charge in [-0.15, -0.1) is 0 Å². The zero-order chi connectivity index (χ0) is 19.5. The SMILES string of the molecule is Cn1cc(CN2C[C@H](c3ccc4c(c3)OCO4)[C@H]3[C@@H]2C2CCN3CC2)cc1C#N. The van der Waals surface area contributed by atoms with E-state index < -0.39 is 0 Å². The number of nitrogens with zero attached hydrogens (tertiary/aromatic N) is 4. The molecule has 6 heterocycles. The number of benzene rings is 1. The molecule has 0 saturated carbocycles. The average Bonchev–Trinajstić information content (AvgIpc) is 3.46. The summed E-state index contributed by atoms with van der Waals surface area (Å²) in [6.45, 7) is 4.75. The molecule has 5 aliphatic heterocycles. The average molecular weight is 390 g/mol. The first-order chi connectivity index (χ1) is 14.2. The van der Waals surface area contributed by atoms with Gasteiger partial charge in [-0.2, -0.15) is 5.26 Å². The van der Waals surface area contributed by atoms with Gasteiger partial charge in [0, 0.05) is 44.3 Å². The highest BCUT2D eigenvalue weighted by Gasteiger charge is 2.53. The lowest BCUT2D eigenvalue weighted by atomic mass is 9.75. The van der Waals surface area contributed by atoms with E-state index in [9.17, 15) is 5.26 Å². The van der Waals surface area contributed by atoms with E-state index in [-0.39, 0.29) is 0 Å². The van der Waals surface area contributed by atoms with E-state index in [4.69, 9.17) is 9.47 Å². The topological polar surface area (TPSA) is 53.7 Å². The monoisotopic (exact) mass is 390 g/mol. The fourth-order valence-corrected chi connectivity index (χ4v) is 6.22. The number of aromatic nitrogens is 1. The number of likely N-dealkylation sites (tertiary alicyclic amines) is 1. The molecular weight excluding hydrogens is 364 g/mol. The third kappa shape index (κ3) is 2.68. The van der Waals surface area contributed by atoms with Crippen LogP contribution < -0.4 is 9.47 Å². The van der Waals surface area contributed by atoms with Crippen LogP contribution >= 0.6 is 0 Å². The van der Waals surface area contributed by atoms with Crippen LogP contribution in [0.25, 0.3) is 0 Å². The molecule has 0 unspecified atom stereocenters. The van der Waals surface area contributed by atoms with Gasteiger partial charge in [0.25, 0.3) is 0 Å². The van der Waals surface area contributed by atoms with Gasteiger partial charge in [-0.1, -0.05) is 6.07 Å². The highest BCUT2D eigenvalue weighted by molar-refractivity contribution is 5.46. The molecule has 1 aromatic carbocycles. The summed E-state index contributed by atoms with van der Waals surface area (Å²) in [5.41, 5.74) is 3.34. The van der Waals surface area contributed by atoms with Crippen molar-refractivity contribution in [3.05, 3.63) is 47.3 Å². The number of fused-ring (bicyclic) bond motifs is 3. The van der Waals surface area contributed by atoms with E-state index in [2.05, 4.69) is 40.3 Å². The van der Waals surface area contributed by atoms with Crippen LogP contribution in [-0.4, -0.2) is 52.9 Å². The van der Waals surface area contributed by atoms with Gasteiger partial charge in [0.1, 0.15) is 11.8 Å². The van der Waals surface area contributed by atoms with Gasteiger partial charge >= 0.3 is 0 Å². The normalized spacial score (nSPS) is 32.3. The Kier molecular flexibility index (Phi) is 3.90. The lowest BCUT2D eigenvalue weighted by Gasteiger charge is -2.51. The van der Waals surface area contributed by atoms with E-state index in [0.717, 1.165) is 36.2 Å². The van der Waals surface area contributed by atoms with Gasteiger partial charge in [0.15, 0.2) is 11.5 Å². The standard InChI is InChI=1S/C23H26N4O2/c1-25-11-15(8-18(25)10-24)12-27-13-19(17-2-3-20-21(9-17)29-14-28-20)23-22(27)16-4-6-26(23)7-5-16/h2-3,8-9,11,16,19,22-23H,4-7,12-14H2,1H3/t19-,22+,23+/m1/s1. The zero-order valence-electron chi connectivity index (χ0n) is 16.8. The molecule has 0 aliphatic carbocycles. The van der Waals surface area contributed by atoms with Crippen LogP contribution in [-0.2, 0) is 13.6 Å². The van der Waals surface area contributed by atoms with E-state index in [1.165, 1.54) is 37.1 Å². The molecule has 7 rings (SSSR count). The summed E-state index contributed by atoms with van der Waals surface area (Å²) in [5.74, 6) is 3.01. The predicted octanol–water partition coefficient (Wildman–Crippen LogP) is 2.69. The third-order valence-corrected chi connectivity index (χ3v) is 7.48. The van der Waals surface area contributed by atoms with E-state index in [1.54, 1.807) is 0 Å². The smallest absolute Gasteiger partial charge is 0.231 e. The van der Waals surface area contributed by atoms with Crippen LogP contribution in [0, 0.1) is 17.2 Å². The minimum atomic E-state index is 0.324. The van der Waals surface area contributed by atoms with Crippen molar-refractivity contribution >= 4 is 0 Å². The first-order valence-electron chi connectivity index (χ1n) is 10.6. The molecule has 0 N–H and O–H groups in total. The highest BCUT2D eigenvalue weighted by Crippen LogP contribution is 2.48. The molecule has 0 spiro atoms. The molecular formula is C23H26N4O2. The number of hydrogen-bond acceptors (Lipinski definition) is 5. The van der Waals surface area contributed by atoms with Crippen LogP contribution in [0.3, 0.4) is 0 Å². The van der Waals surface area contributed by atoms with Gasteiger partial charge < -0.3 is 14.0 Å². The van der Waals surface area contributed by atoms with Crippen LogP contribution in [0.4, 0.5) is 0 Å². The molecule has 0 amide bonds. The summed E-state index contributed by atoms with van der Waals surface area (Å²) in [6.07, 6.45) is 4.73. The van der Waals surface area contributed by atoms with Crippen molar-refractivity contribution in [2.24, 2.45) is 13.0 Å². The molecule has 4 fully saturated rings. The first-order valence-corrected chi connectivity index (χ1v) is 10.6. The Hall–Kier alpha value is -2.49. The maximum absolute atomic E-state index is 9.32. The van der Waals surface area contributed by atoms with E-state index in [1.807, 2.05) is 17.7 Å². The second kappa shape index (κ2) is 6.51. The van der Waals surface area contributed by atoms with Crippen molar-refractivity contribution in [1.29, 1.82) is 5.26 Å². The molecule has 2 aromatic rings. The molecule has 2 bridgehead atoms. The molecule has 29 heavy (non-hydrogen) atoms. The number of ether oxygens (including phenoxy) is 2. The minimum Gasteiger partial charge on any atom is -0.454 e. The Morgan fingerprint density at radius 2 is 1.93 bits per heavy atom. The van der Waals surface area contributed by atoms with Gasteiger partial charge in [-0.3, -0.25) is 9.80 Å². The second-order valence-corrected chi connectivity index (χ2v) is 8.96. The fraction of sp³-hybridized carbons (Fsp3) is 0.522.